The number of aryl methyl sites for hydroxylation is 2. The largest absolute Gasteiger partial charge is 0.338 e. The predicted molar refractivity (Wildman–Crippen MR) is 97.9 cm³/mol. The Balaban J connectivity index is 0.00000220. The Morgan fingerprint density at radius 2 is 2.18 bits per heavy atom. The number of rotatable bonds is 5. The van der Waals surface area contributed by atoms with Crippen LogP contribution in [-0.2, 0) is 6.42 Å². The lowest BCUT2D eigenvalue weighted by Crippen LogP contribution is -2.42. The van der Waals surface area contributed by atoms with E-state index >= 15 is 0 Å². The van der Waals surface area contributed by atoms with Crippen LogP contribution in [0.3, 0.4) is 0 Å². The van der Waals surface area contributed by atoms with Crippen molar-refractivity contribution in [3.63, 3.8) is 0 Å². The summed E-state index contributed by atoms with van der Waals surface area (Å²) in [6, 6.07) is 0. The molecule has 0 aliphatic carbocycles. The number of carbonyl (C=O) groups excluding carboxylic acids is 1. The Bertz CT molecular complexity index is 466. The van der Waals surface area contributed by atoms with Gasteiger partial charge in [-0.3, -0.25) is 4.79 Å². The number of aromatic nitrogens is 1. The number of likely N-dealkylation sites (tertiary alicyclic amines) is 1. The molecule has 0 saturated carbocycles. The lowest BCUT2D eigenvalue weighted by atomic mass is 9.98. The monoisotopic (exact) mass is 367 g/mol. The minimum atomic E-state index is 0. The molecule has 0 spiro atoms. The number of halogens is 2. The number of thiazole rings is 1. The standard InChI is InChI=1S/C15H25N3OS.2ClH/c1-4-6-13-17-11(2)14(20-13)15(19)18-8-5-7-12(10-18)9-16-3;;/h12,16H,4-10H2,1-3H3;2*1H. The van der Waals surface area contributed by atoms with Gasteiger partial charge in [-0.25, -0.2) is 4.98 Å². The number of hydrogen-bond acceptors (Lipinski definition) is 4. The summed E-state index contributed by atoms with van der Waals surface area (Å²) >= 11 is 1.58. The molecule has 2 rings (SSSR count). The SMILES string of the molecule is CCCc1nc(C)c(C(=O)N2CCCC(CNC)C2)s1.Cl.Cl. The third-order valence-corrected chi connectivity index (χ3v) is 5.00. The number of piperidine rings is 1. The maximum atomic E-state index is 12.7. The van der Waals surface area contributed by atoms with Gasteiger partial charge in [-0.2, -0.15) is 0 Å². The van der Waals surface area contributed by atoms with Crippen LogP contribution >= 0.6 is 36.2 Å². The van der Waals surface area contributed by atoms with Crippen molar-refractivity contribution in [2.75, 3.05) is 26.7 Å². The molecular formula is C15H27Cl2N3OS. The van der Waals surface area contributed by atoms with E-state index in [9.17, 15) is 4.79 Å². The van der Waals surface area contributed by atoms with Gasteiger partial charge >= 0.3 is 0 Å². The van der Waals surface area contributed by atoms with E-state index in [1.807, 2.05) is 18.9 Å². The predicted octanol–water partition coefficient (Wildman–Crippen LogP) is 3.32. The van der Waals surface area contributed by atoms with Gasteiger partial charge in [0.1, 0.15) is 4.88 Å². The van der Waals surface area contributed by atoms with E-state index < -0.39 is 0 Å². The van der Waals surface area contributed by atoms with Crippen LogP contribution in [0.4, 0.5) is 0 Å². The summed E-state index contributed by atoms with van der Waals surface area (Å²) in [5.74, 6) is 0.768. The Kier molecular flexibility index (Phi) is 10.3. The average molecular weight is 368 g/mol. The molecule has 128 valence electrons. The van der Waals surface area contributed by atoms with Gasteiger partial charge in [0.2, 0.25) is 0 Å². The topological polar surface area (TPSA) is 45.2 Å². The van der Waals surface area contributed by atoms with E-state index in [1.165, 1.54) is 6.42 Å². The zero-order valence-electron chi connectivity index (χ0n) is 13.6. The Labute approximate surface area is 149 Å². The third kappa shape index (κ3) is 5.37. The quantitative estimate of drug-likeness (QED) is 0.867. The van der Waals surface area contributed by atoms with E-state index in [0.717, 1.165) is 54.5 Å². The molecule has 1 aliphatic heterocycles. The van der Waals surface area contributed by atoms with E-state index in [-0.39, 0.29) is 30.7 Å². The number of nitrogens with zero attached hydrogens (tertiary/aromatic N) is 2. The normalized spacial score (nSPS) is 17.6. The van der Waals surface area contributed by atoms with E-state index in [4.69, 9.17) is 0 Å². The van der Waals surface area contributed by atoms with Crippen LogP contribution in [0, 0.1) is 12.8 Å². The van der Waals surface area contributed by atoms with Gasteiger partial charge in [0, 0.05) is 13.1 Å². The molecule has 2 heterocycles. The fourth-order valence-electron chi connectivity index (χ4n) is 2.82. The minimum Gasteiger partial charge on any atom is -0.338 e. The summed E-state index contributed by atoms with van der Waals surface area (Å²) in [6.07, 6.45) is 4.38. The smallest absolute Gasteiger partial charge is 0.265 e. The summed E-state index contributed by atoms with van der Waals surface area (Å²) in [6.45, 7) is 6.86. The van der Waals surface area contributed by atoms with Crippen LogP contribution in [0.2, 0.25) is 0 Å². The molecule has 4 nitrogen and oxygen atoms in total. The maximum Gasteiger partial charge on any atom is 0.265 e. The first-order valence-corrected chi connectivity index (χ1v) is 8.37. The van der Waals surface area contributed by atoms with Crippen molar-refractivity contribution in [2.24, 2.45) is 5.92 Å². The molecule has 1 unspecified atom stereocenters. The number of amides is 1. The lowest BCUT2D eigenvalue weighted by molar-refractivity contribution is 0.0678. The first-order chi connectivity index (χ1) is 9.65. The molecule has 22 heavy (non-hydrogen) atoms. The molecule has 0 radical (unpaired) electrons. The number of carbonyl (C=O) groups is 1. The van der Waals surface area contributed by atoms with Crippen LogP contribution in [-0.4, -0.2) is 42.5 Å². The van der Waals surface area contributed by atoms with Crippen molar-refractivity contribution in [3.05, 3.63) is 15.6 Å². The van der Waals surface area contributed by atoms with Gasteiger partial charge in [0.25, 0.3) is 5.91 Å². The van der Waals surface area contributed by atoms with Crippen LogP contribution in [0.15, 0.2) is 0 Å². The van der Waals surface area contributed by atoms with Crippen LogP contribution in [0.5, 0.6) is 0 Å². The second kappa shape index (κ2) is 10.4. The summed E-state index contributed by atoms with van der Waals surface area (Å²) in [5, 5.41) is 4.32. The highest BCUT2D eigenvalue weighted by Crippen LogP contribution is 2.24. The lowest BCUT2D eigenvalue weighted by Gasteiger charge is -2.32. The van der Waals surface area contributed by atoms with Gasteiger partial charge in [0.05, 0.1) is 10.7 Å². The molecule has 1 N–H and O–H groups in total. The molecule has 1 saturated heterocycles. The highest BCUT2D eigenvalue weighted by Gasteiger charge is 2.26. The Morgan fingerprint density at radius 3 is 2.82 bits per heavy atom. The van der Waals surface area contributed by atoms with E-state index in [1.54, 1.807) is 11.3 Å². The van der Waals surface area contributed by atoms with E-state index in [0.29, 0.717) is 5.92 Å². The van der Waals surface area contributed by atoms with Crippen molar-refractivity contribution in [1.29, 1.82) is 0 Å². The average Bonchev–Trinajstić information content (AvgIpc) is 2.80. The highest BCUT2D eigenvalue weighted by atomic mass is 35.5. The second-order valence-corrected chi connectivity index (χ2v) is 6.67. The molecule has 1 aromatic heterocycles. The van der Waals surface area contributed by atoms with Gasteiger partial charge in [0.15, 0.2) is 0 Å². The van der Waals surface area contributed by atoms with Crippen LogP contribution in [0.25, 0.3) is 0 Å². The number of hydrogen-bond donors (Lipinski definition) is 1. The summed E-state index contributed by atoms with van der Waals surface area (Å²) in [4.78, 5) is 20.1. The second-order valence-electron chi connectivity index (χ2n) is 5.59. The van der Waals surface area contributed by atoms with Crippen LogP contribution < -0.4 is 5.32 Å². The highest BCUT2D eigenvalue weighted by molar-refractivity contribution is 7.13. The van der Waals surface area contributed by atoms with Crippen molar-refractivity contribution >= 4 is 42.1 Å². The summed E-state index contributed by atoms with van der Waals surface area (Å²) in [5.41, 5.74) is 0.902. The fraction of sp³-hybridized carbons (Fsp3) is 0.733. The molecule has 7 heteroatoms. The fourth-order valence-corrected chi connectivity index (χ4v) is 3.95. The molecule has 1 aromatic rings. The maximum absolute atomic E-state index is 12.7. The van der Waals surface area contributed by atoms with Crippen molar-refractivity contribution < 1.29 is 4.79 Å². The molecule has 1 amide bonds. The number of nitrogens with one attached hydrogen (secondary N) is 1. The van der Waals surface area contributed by atoms with Gasteiger partial charge in [-0.1, -0.05) is 6.92 Å². The zero-order valence-corrected chi connectivity index (χ0v) is 16.0. The first-order valence-electron chi connectivity index (χ1n) is 7.55. The van der Waals surface area contributed by atoms with Crippen molar-refractivity contribution in [1.82, 2.24) is 15.2 Å². The van der Waals surface area contributed by atoms with Crippen molar-refractivity contribution in [3.8, 4) is 0 Å². The Morgan fingerprint density at radius 1 is 1.45 bits per heavy atom. The van der Waals surface area contributed by atoms with Crippen molar-refractivity contribution in [2.45, 2.75) is 39.5 Å². The molecule has 1 fully saturated rings. The zero-order chi connectivity index (χ0) is 14.5. The molecule has 0 aromatic carbocycles. The molecular weight excluding hydrogens is 341 g/mol. The van der Waals surface area contributed by atoms with Gasteiger partial charge in [-0.15, -0.1) is 36.2 Å². The minimum absolute atomic E-state index is 0. The van der Waals surface area contributed by atoms with E-state index in [2.05, 4.69) is 17.2 Å². The van der Waals surface area contributed by atoms with Gasteiger partial charge < -0.3 is 10.2 Å². The summed E-state index contributed by atoms with van der Waals surface area (Å²) in [7, 11) is 1.98. The van der Waals surface area contributed by atoms with Crippen LogP contribution in [0.1, 0.15) is 46.6 Å². The molecule has 1 aliphatic rings. The first kappa shape index (κ1) is 21.6. The summed E-state index contributed by atoms with van der Waals surface area (Å²) < 4.78 is 0. The van der Waals surface area contributed by atoms with Gasteiger partial charge in [-0.05, 0) is 52.1 Å². The third-order valence-electron chi connectivity index (χ3n) is 3.80. The molecule has 0 bridgehead atoms. The Hall–Kier alpha value is -0.360. The molecule has 1 atom stereocenters.